The van der Waals surface area contributed by atoms with Crippen LogP contribution < -0.4 is 11.5 Å². The topological polar surface area (TPSA) is 105 Å². The highest BCUT2D eigenvalue weighted by Crippen LogP contribution is 2.09. The Labute approximate surface area is 95.3 Å². The third kappa shape index (κ3) is 9.11. The lowest BCUT2D eigenvalue weighted by atomic mass is 10.1. The molecule has 0 fully saturated rings. The van der Waals surface area contributed by atoms with Crippen LogP contribution in [0.5, 0.6) is 0 Å². The molecule has 0 aromatic rings. The van der Waals surface area contributed by atoms with Crippen LogP contribution in [0.15, 0.2) is 0 Å². The summed E-state index contributed by atoms with van der Waals surface area (Å²) in [6.45, 7) is 3.57. The normalized spacial score (nSPS) is 13.9. The molecule has 0 aliphatic carbocycles. The molecule has 0 aliphatic heterocycles. The van der Waals surface area contributed by atoms with E-state index in [-0.39, 0.29) is 12.2 Å². The lowest BCUT2D eigenvalue weighted by Crippen LogP contribution is -2.21. The molecule has 0 heterocycles. The van der Waals surface area contributed by atoms with Crippen molar-refractivity contribution in [2.45, 2.75) is 51.7 Å². The molecule has 0 bridgehead atoms. The van der Waals surface area contributed by atoms with Crippen molar-refractivity contribution in [3.8, 4) is 0 Å². The largest absolute Gasteiger partial charge is 0.447 e. The number of carbonyl (C=O) groups excluding carboxylic acids is 2. The molecule has 2 atom stereocenters. The van der Waals surface area contributed by atoms with Crippen LogP contribution >= 0.6 is 0 Å². The molecular weight excluding hydrogens is 212 g/mol. The van der Waals surface area contributed by atoms with Crippen molar-refractivity contribution >= 4 is 12.2 Å². The van der Waals surface area contributed by atoms with Crippen molar-refractivity contribution in [2.24, 2.45) is 11.5 Å². The average Bonchev–Trinajstić information content (AvgIpc) is 2.10. The van der Waals surface area contributed by atoms with Crippen molar-refractivity contribution in [3.63, 3.8) is 0 Å². The fourth-order valence-corrected chi connectivity index (χ4v) is 1.38. The van der Waals surface area contributed by atoms with Gasteiger partial charge in [-0.25, -0.2) is 9.59 Å². The number of primary amides is 2. The van der Waals surface area contributed by atoms with Gasteiger partial charge in [0.2, 0.25) is 0 Å². The van der Waals surface area contributed by atoms with Crippen molar-refractivity contribution in [3.05, 3.63) is 0 Å². The second-order valence-electron chi connectivity index (χ2n) is 3.78. The van der Waals surface area contributed by atoms with Gasteiger partial charge in [-0.3, -0.25) is 0 Å². The molecular formula is C10H20N2O4. The summed E-state index contributed by atoms with van der Waals surface area (Å²) < 4.78 is 9.51. The first-order chi connectivity index (χ1) is 7.41. The van der Waals surface area contributed by atoms with E-state index in [1.165, 1.54) is 0 Å². The van der Waals surface area contributed by atoms with Crippen LogP contribution in [-0.4, -0.2) is 24.4 Å². The summed E-state index contributed by atoms with van der Waals surface area (Å²) in [5, 5.41) is 0. The highest BCUT2D eigenvalue weighted by molar-refractivity contribution is 5.65. The summed E-state index contributed by atoms with van der Waals surface area (Å²) in [6, 6.07) is 0. The SMILES string of the molecule is CC(CCCCC(C)OC(N)=O)OC(N)=O. The number of unbranched alkanes of at least 4 members (excludes halogenated alkanes) is 1. The van der Waals surface area contributed by atoms with Crippen LogP contribution in [0.2, 0.25) is 0 Å². The number of hydrogen-bond acceptors (Lipinski definition) is 4. The summed E-state index contributed by atoms with van der Waals surface area (Å²) in [4.78, 5) is 20.8. The van der Waals surface area contributed by atoms with Crippen LogP contribution in [0.3, 0.4) is 0 Å². The first kappa shape index (κ1) is 14.5. The first-order valence-corrected chi connectivity index (χ1v) is 5.34. The second-order valence-corrected chi connectivity index (χ2v) is 3.78. The number of nitrogens with two attached hydrogens (primary N) is 2. The van der Waals surface area contributed by atoms with Gasteiger partial charge >= 0.3 is 12.2 Å². The van der Waals surface area contributed by atoms with Gasteiger partial charge in [-0.05, 0) is 39.5 Å². The minimum absolute atomic E-state index is 0.176. The van der Waals surface area contributed by atoms with Gasteiger partial charge in [-0.1, -0.05) is 0 Å². The maximum atomic E-state index is 10.4. The summed E-state index contributed by atoms with van der Waals surface area (Å²) >= 11 is 0. The van der Waals surface area contributed by atoms with Gasteiger partial charge in [-0.15, -0.1) is 0 Å². The van der Waals surface area contributed by atoms with Gasteiger partial charge in [0.1, 0.15) is 12.2 Å². The molecule has 6 nitrogen and oxygen atoms in total. The van der Waals surface area contributed by atoms with Gasteiger partial charge in [0.05, 0.1) is 0 Å². The molecule has 0 aromatic carbocycles. The van der Waals surface area contributed by atoms with Gasteiger partial charge in [0, 0.05) is 0 Å². The van der Waals surface area contributed by atoms with Crippen molar-refractivity contribution in [1.29, 1.82) is 0 Å². The Kier molecular flexibility index (Phi) is 7.07. The Balaban J connectivity index is 3.45. The van der Waals surface area contributed by atoms with Crippen LogP contribution in [0.1, 0.15) is 39.5 Å². The summed E-state index contributed by atoms with van der Waals surface area (Å²) in [5.41, 5.74) is 9.74. The first-order valence-electron chi connectivity index (χ1n) is 5.34. The minimum atomic E-state index is -0.752. The zero-order valence-corrected chi connectivity index (χ0v) is 9.77. The third-order valence-corrected chi connectivity index (χ3v) is 2.11. The van der Waals surface area contributed by atoms with E-state index in [1.807, 2.05) is 0 Å². The van der Waals surface area contributed by atoms with E-state index >= 15 is 0 Å². The number of carbonyl (C=O) groups is 2. The molecule has 4 N–H and O–H groups in total. The van der Waals surface area contributed by atoms with E-state index in [0.717, 1.165) is 25.7 Å². The number of rotatable bonds is 7. The fourth-order valence-electron chi connectivity index (χ4n) is 1.38. The van der Waals surface area contributed by atoms with E-state index in [1.54, 1.807) is 13.8 Å². The minimum Gasteiger partial charge on any atom is -0.447 e. The quantitative estimate of drug-likeness (QED) is 0.649. The Morgan fingerprint density at radius 2 is 1.25 bits per heavy atom. The maximum absolute atomic E-state index is 10.4. The van der Waals surface area contributed by atoms with E-state index in [2.05, 4.69) is 0 Å². The van der Waals surface area contributed by atoms with Crippen LogP contribution in [-0.2, 0) is 9.47 Å². The van der Waals surface area contributed by atoms with Crippen LogP contribution in [0.4, 0.5) is 9.59 Å². The molecule has 0 aromatic heterocycles. The predicted molar refractivity (Wildman–Crippen MR) is 58.7 cm³/mol. The van der Waals surface area contributed by atoms with E-state index < -0.39 is 12.2 Å². The molecule has 6 heteroatoms. The number of amides is 2. The average molecular weight is 232 g/mol. The molecule has 16 heavy (non-hydrogen) atoms. The smallest absolute Gasteiger partial charge is 0.404 e. The molecule has 2 unspecified atom stereocenters. The number of ether oxygens (including phenoxy) is 2. The summed E-state index contributed by atoms with van der Waals surface area (Å²) in [7, 11) is 0. The second kappa shape index (κ2) is 7.78. The maximum Gasteiger partial charge on any atom is 0.404 e. The van der Waals surface area contributed by atoms with Gasteiger partial charge in [0.25, 0.3) is 0 Å². The third-order valence-electron chi connectivity index (χ3n) is 2.11. The van der Waals surface area contributed by atoms with Gasteiger partial charge in [-0.2, -0.15) is 0 Å². The lowest BCUT2D eigenvalue weighted by molar-refractivity contribution is 0.101. The molecule has 0 rings (SSSR count). The molecule has 0 saturated heterocycles. The Morgan fingerprint density at radius 3 is 1.50 bits per heavy atom. The predicted octanol–water partition coefficient (Wildman–Crippen LogP) is 1.51. The van der Waals surface area contributed by atoms with Crippen molar-refractivity contribution < 1.29 is 19.1 Å². The molecule has 2 amide bonds. The van der Waals surface area contributed by atoms with E-state index in [4.69, 9.17) is 20.9 Å². The Hall–Kier alpha value is -1.46. The molecule has 0 radical (unpaired) electrons. The monoisotopic (exact) mass is 232 g/mol. The molecule has 0 spiro atoms. The van der Waals surface area contributed by atoms with Crippen molar-refractivity contribution in [1.82, 2.24) is 0 Å². The summed E-state index contributed by atoms with van der Waals surface area (Å²) in [5.74, 6) is 0. The lowest BCUT2D eigenvalue weighted by Gasteiger charge is -2.13. The van der Waals surface area contributed by atoms with Crippen LogP contribution in [0.25, 0.3) is 0 Å². The zero-order valence-electron chi connectivity index (χ0n) is 9.77. The standard InChI is InChI=1S/C10H20N2O4/c1-7(15-9(11)13)5-3-4-6-8(2)16-10(12)14/h7-8H,3-6H2,1-2H3,(H2,11,13)(H2,12,14). The van der Waals surface area contributed by atoms with Gasteiger partial charge < -0.3 is 20.9 Å². The number of hydrogen-bond donors (Lipinski definition) is 2. The zero-order chi connectivity index (χ0) is 12.6. The van der Waals surface area contributed by atoms with Crippen LogP contribution in [0, 0.1) is 0 Å². The molecule has 0 saturated carbocycles. The highest BCUT2D eigenvalue weighted by atomic mass is 16.6. The summed E-state index contributed by atoms with van der Waals surface area (Å²) in [6.07, 6.45) is 1.38. The van der Waals surface area contributed by atoms with E-state index in [0.29, 0.717) is 0 Å². The van der Waals surface area contributed by atoms with Crippen molar-refractivity contribution in [2.75, 3.05) is 0 Å². The Morgan fingerprint density at radius 1 is 0.938 bits per heavy atom. The van der Waals surface area contributed by atoms with E-state index in [9.17, 15) is 9.59 Å². The molecule has 94 valence electrons. The fraction of sp³-hybridized carbons (Fsp3) is 0.800. The Bertz CT molecular complexity index is 209. The highest BCUT2D eigenvalue weighted by Gasteiger charge is 2.08. The molecule has 0 aliphatic rings. The van der Waals surface area contributed by atoms with Gasteiger partial charge in [0.15, 0.2) is 0 Å².